The molecule has 0 aromatic rings. The standard InChI is InChI=1S/C13H25NO3/c1-7-10(2)14(9-8-11(15)17-6)12(16)13(3,4)5/h10H,7-9H2,1-6H3. The van der Waals surface area contributed by atoms with E-state index in [0.717, 1.165) is 6.42 Å². The Kier molecular flexibility index (Phi) is 6.21. The lowest BCUT2D eigenvalue weighted by atomic mass is 9.93. The van der Waals surface area contributed by atoms with Crippen molar-refractivity contribution in [3.63, 3.8) is 0 Å². The normalized spacial score (nSPS) is 13.1. The van der Waals surface area contributed by atoms with Gasteiger partial charge in [-0.25, -0.2) is 0 Å². The lowest BCUT2D eigenvalue weighted by Gasteiger charge is -2.33. The molecule has 17 heavy (non-hydrogen) atoms. The fourth-order valence-corrected chi connectivity index (χ4v) is 1.49. The summed E-state index contributed by atoms with van der Waals surface area (Å²) in [6.07, 6.45) is 1.13. The molecule has 100 valence electrons. The van der Waals surface area contributed by atoms with Crippen molar-refractivity contribution in [2.24, 2.45) is 5.41 Å². The van der Waals surface area contributed by atoms with Gasteiger partial charge < -0.3 is 9.64 Å². The smallest absolute Gasteiger partial charge is 0.307 e. The Bertz CT molecular complexity index is 268. The summed E-state index contributed by atoms with van der Waals surface area (Å²) in [4.78, 5) is 25.2. The Hall–Kier alpha value is -1.06. The van der Waals surface area contributed by atoms with Crippen LogP contribution in [0.15, 0.2) is 0 Å². The molecule has 0 saturated carbocycles. The van der Waals surface area contributed by atoms with E-state index in [2.05, 4.69) is 4.74 Å². The number of hydrogen-bond acceptors (Lipinski definition) is 3. The van der Waals surface area contributed by atoms with E-state index in [-0.39, 0.29) is 24.3 Å². The molecule has 1 unspecified atom stereocenters. The van der Waals surface area contributed by atoms with Crippen LogP contribution in [0.1, 0.15) is 47.5 Å². The largest absolute Gasteiger partial charge is 0.469 e. The van der Waals surface area contributed by atoms with E-state index >= 15 is 0 Å². The molecule has 0 saturated heterocycles. The van der Waals surface area contributed by atoms with Gasteiger partial charge in [0.05, 0.1) is 13.5 Å². The topological polar surface area (TPSA) is 46.6 Å². The van der Waals surface area contributed by atoms with E-state index < -0.39 is 5.41 Å². The molecule has 0 aliphatic heterocycles. The first kappa shape index (κ1) is 15.9. The van der Waals surface area contributed by atoms with Gasteiger partial charge in [-0.3, -0.25) is 9.59 Å². The highest BCUT2D eigenvalue weighted by Gasteiger charge is 2.29. The molecular weight excluding hydrogens is 218 g/mol. The van der Waals surface area contributed by atoms with Gasteiger partial charge in [0, 0.05) is 18.0 Å². The highest BCUT2D eigenvalue weighted by molar-refractivity contribution is 5.82. The molecule has 0 radical (unpaired) electrons. The number of nitrogens with zero attached hydrogens (tertiary/aromatic N) is 1. The predicted octanol–water partition coefficient (Wildman–Crippen LogP) is 2.22. The van der Waals surface area contributed by atoms with Gasteiger partial charge in [0.25, 0.3) is 0 Å². The maximum atomic E-state index is 12.2. The summed E-state index contributed by atoms with van der Waals surface area (Å²) >= 11 is 0. The highest BCUT2D eigenvalue weighted by atomic mass is 16.5. The second kappa shape index (κ2) is 6.62. The van der Waals surface area contributed by atoms with Crippen LogP contribution in [0.2, 0.25) is 0 Å². The van der Waals surface area contributed by atoms with Crippen LogP contribution in [0.25, 0.3) is 0 Å². The maximum Gasteiger partial charge on any atom is 0.307 e. The van der Waals surface area contributed by atoms with E-state index in [1.54, 1.807) is 4.90 Å². The molecule has 0 aromatic carbocycles. The average Bonchev–Trinajstić information content (AvgIpc) is 2.26. The number of carbonyl (C=O) groups excluding carboxylic acids is 2. The molecule has 1 atom stereocenters. The van der Waals surface area contributed by atoms with Gasteiger partial charge in [0.2, 0.25) is 5.91 Å². The van der Waals surface area contributed by atoms with E-state index in [4.69, 9.17) is 0 Å². The molecule has 4 nitrogen and oxygen atoms in total. The maximum absolute atomic E-state index is 12.2. The van der Waals surface area contributed by atoms with Crippen LogP contribution in [0.4, 0.5) is 0 Å². The first-order valence-corrected chi connectivity index (χ1v) is 6.11. The lowest BCUT2D eigenvalue weighted by molar-refractivity contribution is -0.145. The van der Waals surface area contributed by atoms with Gasteiger partial charge in [-0.15, -0.1) is 0 Å². The van der Waals surface area contributed by atoms with Crippen LogP contribution in [-0.4, -0.2) is 36.5 Å². The molecule has 0 N–H and O–H groups in total. The summed E-state index contributed by atoms with van der Waals surface area (Å²) in [6.45, 7) is 10.1. The first-order valence-electron chi connectivity index (χ1n) is 6.11. The van der Waals surface area contributed by atoms with Crippen molar-refractivity contribution in [1.29, 1.82) is 0 Å². The average molecular weight is 243 g/mol. The minimum absolute atomic E-state index is 0.0794. The number of carbonyl (C=O) groups is 2. The fourth-order valence-electron chi connectivity index (χ4n) is 1.49. The number of rotatable bonds is 5. The highest BCUT2D eigenvalue weighted by Crippen LogP contribution is 2.20. The van der Waals surface area contributed by atoms with E-state index in [0.29, 0.717) is 6.54 Å². The molecule has 4 heteroatoms. The van der Waals surface area contributed by atoms with Gasteiger partial charge in [0.1, 0.15) is 0 Å². The fraction of sp³-hybridized carbons (Fsp3) is 0.846. The van der Waals surface area contributed by atoms with E-state index in [1.807, 2.05) is 34.6 Å². The third-order valence-corrected chi connectivity index (χ3v) is 2.81. The Morgan fingerprint density at radius 1 is 1.29 bits per heavy atom. The Labute approximate surface area is 104 Å². The molecule has 0 aromatic heterocycles. The molecule has 0 spiro atoms. The Morgan fingerprint density at radius 2 is 1.82 bits per heavy atom. The van der Waals surface area contributed by atoms with Crippen LogP contribution < -0.4 is 0 Å². The van der Waals surface area contributed by atoms with Gasteiger partial charge in [-0.05, 0) is 13.3 Å². The van der Waals surface area contributed by atoms with Crippen LogP contribution in [0, 0.1) is 5.41 Å². The number of ether oxygens (including phenoxy) is 1. The van der Waals surface area contributed by atoms with Gasteiger partial charge in [0.15, 0.2) is 0 Å². The summed E-state index contributed by atoms with van der Waals surface area (Å²) < 4.78 is 4.60. The summed E-state index contributed by atoms with van der Waals surface area (Å²) in [5.74, 6) is -0.198. The van der Waals surface area contributed by atoms with Gasteiger partial charge in [-0.2, -0.15) is 0 Å². The summed E-state index contributed by atoms with van der Waals surface area (Å²) in [5.41, 5.74) is -0.417. The van der Waals surface area contributed by atoms with Crippen LogP contribution in [0.3, 0.4) is 0 Å². The number of methoxy groups -OCH3 is 1. The van der Waals surface area contributed by atoms with E-state index in [1.165, 1.54) is 7.11 Å². The minimum atomic E-state index is -0.417. The zero-order valence-electron chi connectivity index (χ0n) is 11.9. The zero-order valence-corrected chi connectivity index (χ0v) is 11.9. The SMILES string of the molecule is CCC(C)N(CCC(=O)OC)C(=O)C(C)(C)C. The third kappa shape index (κ3) is 5.20. The molecule has 1 amide bonds. The summed E-state index contributed by atoms with van der Waals surface area (Å²) in [7, 11) is 1.36. The van der Waals surface area contributed by atoms with Crippen molar-refractivity contribution in [2.75, 3.05) is 13.7 Å². The summed E-state index contributed by atoms with van der Waals surface area (Å²) in [6, 6.07) is 0.145. The lowest BCUT2D eigenvalue weighted by Crippen LogP contribution is -2.45. The molecule has 0 fully saturated rings. The number of hydrogen-bond donors (Lipinski definition) is 0. The van der Waals surface area contributed by atoms with Crippen molar-refractivity contribution >= 4 is 11.9 Å². The van der Waals surface area contributed by atoms with Crippen LogP contribution >= 0.6 is 0 Å². The second-order valence-electron chi connectivity index (χ2n) is 5.33. The van der Waals surface area contributed by atoms with Crippen molar-refractivity contribution in [3.8, 4) is 0 Å². The number of esters is 1. The van der Waals surface area contributed by atoms with Crippen molar-refractivity contribution in [1.82, 2.24) is 4.90 Å². The van der Waals surface area contributed by atoms with Crippen LogP contribution in [0.5, 0.6) is 0 Å². The summed E-state index contributed by atoms with van der Waals surface area (Å²) in [5, 5.41) is 0. The monoisotopic (exact) mass is 243 g/mol. The number of amides is 1. The van der Waals surface area contributed by atoms with Crippen molar-refractivity contribution in [3.05, 3.63) is 0 Å². The quantitative estimate of drug-likeness (QED) is 0.696. The molecular formula is C13H25NO3. The van der Waals surface area contributed by atoms with E-state index in [9.17, 15) is 9.59 Å². The van der Waals surface area contributed by atoms with Crippen molar-refractivity contribution in [2.45, 2.75) is 53.5 Å². The predicted molar refractivity (Wildman–Crippen MR) is 67.6 cm³/mol. The Morgan fingerprint density at radius 3 is 2.18 bits per heavy atom. The van der Waals surface area contributed by atoms with Crippen LogP contribution in [-0.2, 0) is 14.3 Å². The second-order valence-corrected chi connectivity index (χ2v) is 5.33. The third-order valence-electron chi connectivity index (χ3n) is 2.81. The minimum Gasteiger partial charge on any atom is -0.469 e. The molecule has 0 rings (SSSR count). The van der Waals surface area contributed by atoms with Gasteiger partial charge in [-0.1, -0.05) is 27.7 Å². The molecule has 0 heterocycles. The molecule has 0 bridgehead atoms. The molecule has 0 aliphatic rings. The zero-order chi connectivity index (χ0) is 13.6. The Balaban J connectivity index is 4.66. The van der Waals surface area contributed by atoms with Gasteiger partial charge >= 0.3 is 5.97 Å². The first-order chi connectivity index (χ1) is 7.73. The molecule has 0 aliphatic carbocycles. The van der Waals surface area contributed by atoms with Crippen molar-refractivity contribution < 1.29 is 14.3 Å².